The molecule has 0 aliphatic carbocycles. The fraction of sp³-hybridized carbons (Fsp3) is 0.167. The summed E-state index contributed by atoms with van der Waals surface area (Å²) in [4.78, 5) is 14.6. The van der Waals surface area contributed by atoms with Crippen LogP contribution in [0.5, 0.6) is 0 Å². The SMILES string of the molecule is O=C(O)CCCn1ncc2c(-c3noc(-c4cc(-c5ccccc5)c(C(F)(F)F)s4)n3)cccc21. The molecule has 178 valence electrons. The Balaban J connectivity index is 1.50. The van der Waals surface area contributed by atoms with Crippen LogP contribution in [0.25, 0.3) is 44.2 Å². The normalized spacial score (nSPS) is 11.9. The minimum Gasteiger partial charge on any atom is -0.481 e. The maximum atomic E-state index is 13.7. The maximum Gasteiger partial charge on any atom is 0.426 e. The molecule has 0 bridgehead atoms. The summed E-state index contributed by atoms with van der Waals surface area (Å²) in [6, 6.07) is 15.2. The Bertz CT molecular complexity index is 1510. The Hall–Kier alpha value is -3.99. The number of hydrogen-bond acceptors (Lipinski definition) is 6. The van der Waals surface area contributed by atoms with Crippen LogP contribution in [0.4, 0.5) is 13.2 Å². The van der Waals surface area contributed by atoms with Crippen LogP contribution in [0.1, 0.15) is 17.7 Å². The number of thiophene rings is 1. The van der Waals surface area contributed by atoms with Gasteiger partial charge in [0.2, 0.25) is 5.82 Å². The van der Waals surface area contributed by atoms with Gasteiger partial charge >= 0.3 is 12.1 Å². The predicted molar refractivity (Wildman–Crippen MR) is 124 cm³/mol. The summed E-state index contributed by atoms with van der Waals surface area (Å²) in [5.74, 6) is -0.665. The summed E-state index contributed by atoms with van der Waals surface area (Å²) in [5, 5.41) is 17.9. The van der Waals surface area contributed by atoms with Gasteiger partial charge in [0.25, 0.3) is 5.89 Å². The maximum absolute atomic E-state index is 13.7. The summed E-state index contributed by atoms with van der Waals surface area (Å²) >= 11 is 0.556. The van der Waals surface area contributed by atoms with Gasteiger partial charge in [0.05, 0.1) is 16.6 Å². The molecule has 5 rings (SSSR count). The molecule has 3 aromatic heterocycles. The van der Waals surface area contributed by atoms with Crippen molar-refractivity contribution in [3.8, 4) is 33.3 Å². The van der Waals surface area contributed by atoms with Gasteiger partial charge in [-0.15, -0.1) is 11.3 Å². The Morgan fingerprint density at radius 2 is 1.89 bits per heavy atom. The highest BCUT2D eigenvalue weighted by Gasteiger charge is 2.37. The summed E-state index contributed by atoms with van der Waals surface area (Å²) in [7, 11) is 0. The van der Waals surface area contributed by atoms with Crippen molar-refractivity contribution in [1.82, 2.24) is 19.9 Å². The third-order valence-electron chi connectivity index (χ3n) is 5.40. The molecule has 0 amide bonds. The molecule has 1 N–H and O–H groups in total. The molecule has 0 fully saturated rings. The minimum absolute atomic E-state index is 0.0106. The van der Waals surface area contributed by atoms with Crippen molar-refractivity contribution < 1.29 is 27.6 Å². The number of hydrogen-bond donors (Lipinski definition) is 1. The number of halogens is 3. The highest BCUT2D eigenvalue weighted by Crippen LogP contribution is 2.45. The number of benzene rings is 2. The van der Waals surface area contributed by atoms with Crippen molar-refractivity contribution in [2.75, 3.05) is 0 Å². The molecule has 35 heavy (non-hydrogen) atoms. The summed E-state index contributed by atoms with van der Waals surface area (Å²) in [5.41, 5.74) is 1.88. The first-order valence-electron chi connectivity index (χ1n) is 10.6. The molecule has 2 aromatic carbocycles. The number of nitrogens with zero attached hydrogens (tertiary/aromatic N) is 4. The zero-order valence-corrected chi connectivity index (χ0v) is 18.8. The Labute approximate surface area is 200 Å². The lowest BCUT2D eigenvalue weighted by Crippen LogP contribution is -2.03. The van der Waals surface area contributed by atoms with Gasteiger partial charge in [-0.3, -0.25) is 9.48 Å². The first-order chi connectivity index (χ1) is 16.8. The smallest absolute Gasteiger partial charge is 0.426 e. The number of fused-ring (bicyclic) bond motifs is 1. The molecule has 0 atom stereocenters. The van der Waals surface area contributed by atoms with E-state index in [1.807, 2.05) is 6.07 Å². The van der Waals surface area contributed by atoms with E-state index in [-0.39, 0.29) is 28.6 Å². The van der Waals surface area contributed by atoms with Gasteiger partial charge in [-0.2, -0.15) is 23.3 Å². The molecule has 0 spiro atoms. The number of aromatic nitrogens is 4. The van der Waals surface area contributed by atoms with E-state index in [0.29, 0.717) is 35.4 Å². The molecular formula is C24H17F3N4O3S. The average molecular weight is 498 g/mol. The van der Waals surface area contributed by atoms with Crippen LogP contribution in [0.3, 0.4) is 0 Å². The van der Waals surface area contributed by atoms with Crippen LogP contribution in [-0.4, -0.2) is 31.0 Å². The zero-order valence-electron chi connectivity index (χ0n) is 18.0. The second kappa shape index (κ2) is 8.99. The lowest BCUT2D eigenvalue weighted by molar-refractivity contribution is -0.137. The van der Waals surface area contributed by atoms with Crippen LogP contribution in [0.15, 0.2) is 65.3 Å². The van der Waals surface area contributed by atoms with Crippen molar-refractivity contribution in [3.05, 3.63) is 65.7 Å². The number of carbonyl (C=O) groups is 1. The Kier molecular flexibility index (Phi) is 5.85. The third-order valence-corrected chi connectivity index (χ3v) is 6.57. The number of rotatable bonds is 7. The molecular weight excluding hydrogens is 481 g/mol. The second-order valence-corrected chi connectivity index (χ2v) is 8.80. The standard InChI is InChI=1S/C24H17F3N4O3S/c25-24(26,27)21-16(14-6-2-1-3-7-14)12-19(35-21)23-29-22(30-34-23)15-8-4-9-18-17(15)13-28-31(18)11-5-10-20(32)33/h1-4,6-9,12-13H,5,10-11H2,(H,32,33). The van der Waals surface area contributed by atoms with E-state index in [1.54, 1.807) is 53.3 Å². The van der Waals surface area contributed by atoms with Crippen molar-refractivity contribution in [1.29, 1.82) is 0 Å². The highest BCUT2D eigenvalue weighted by atomic mass is 32.1. The fourth-order valence-electron chi connectivity index (χ4n) is 3.83. The van der Waals surface area contributed by atoms with E-state index in [0.717, 1.165) is 10.9 Å². The Morgan fingerprint density at radius 1 is 1.09 bits per heavy atom. The lowest BCUT2D eigenvalue weighted by atomic mass is 10.1. The van der Waals surface area contributed by atoms with E-state index in [9.17, 15) is 18.0 Å². The monoisotopic (exact) mass is 498 g/mol. The van der Waals surface area contributed by atoms with Crippen molar-refractivity contribution >= 4 is 28.2 Å². The first kappa shape index (κ1) is 22.8. The third kappa shape index (κ3) is 4.54. The number of carboxylic acid groups (broad SMARTS) is 1. The molecule has 5 aromatic rings. The fourth-order valence-corrected chi connectivity index (χ4v) is 4.80. The highest BCUT2D eigenvalue weighted by molar-refractivity contribution is 7.16. The van der Waals surface area contributed by atoms with Crippen molar-refractivity contribution in [2.45, 2.75) is 25.6 Å². The lowest BCUT2D eigenvalue weighted by Gasteiger charge is -2.07. The molecule has 3 heterocycles. The van der Waals surface area contributed by atoms with Crippen LogP contribution >= 0.6 is 11.3 Å². The second-order valence-electron chi connectivity index (χ2n) is 7.74. The van der Waals surface area contributed by atoms with E-state index >= 15 is 0 Å². The molecule has 0 saturated carbocycles. The van der Waals surface area contributed by atoms with Crippen molar-refractivity contribution in [3.63, 3.8) is 0 Å². The van der Waals surface area contributed by atoms with Gasteiger partial charge in [-0.1, -0.05) is 47.6 Å². The van der Waals surface area contributed by atoms with E-state index in [1.165, 1.54) is 6.07 Å². The van der Waals surface area contributed by atoms with Crippen LogP contribution in [0, 0.1) is 0 Å². The molecule has 0 aliphatic rings. The number of aliphatic carboxylic acids is 1. The summed E-state index contributed by atoms with van der Waals surface area (Å²) < 4.78 is 48.3. The zero-order chi connectivity index (χ0) is 24.6. The van der Waals surface area contributed by atoms with Gasteiger partial charge in [0, 0.05) is 29.5 Å². The van der Waals surface area contributed by atoms with Crippen LogP contribution < -0.4 is 0 Å². The number of aryl methyl sites for hydroxylation is 1. The van der Waals surface area contributed by atoms with E-state index < -0.39 is 17.0 Å². The average Bonchev–Trinajstić information content (AvgIpc) is 3.57. The van der Waals surface area contributed by atoms with Gasteiger partial charge < -0.3 is 9.63 Å². The van der Waals surface area contributed by atoms with Crippen molar-refractivity contribution in [2.24, 2.45) is 0 Å². The molecule has 0 aliphatic heterocycles. The predicted octanol–water partition coefficient (Wildman–Crippen LogP) is 6.37. The topological polar surface area (TPSA) is 94.0 Å². The first-order valence-corrected chi connectivity index (χ1v) is 11.4. The minimum atomic E-state index is -4.53. The number of alkyl halides is 3. The molecule has 11 heteroatoms. The molecule has 7 nitrogen and oxygen atoms in total. The summed E-state index contributed by atoms with van der Waals surface area (Å²) in [6.45, 7) is 0.425. The molecule has 0 unspecified atom stereocenters. The molecule has 0 radical (unpaired) electrons. The van der Waals surface area contributed by atoms with Crippen LogP contribution in [-0.2, 0) is 17.5 Å². The number of carboxylic acids is 1. The van der Waals surface area contributed by atoms with Gasteiger partial charge in [0.1, 0.15) is 4.88 Å². The van der Waals surface area contributed by atoms with E-state index in [2.05, 4.69) is 15.2 Å². The summed E-state index contributed by atoms with van der Waals surface area (Å²) in [6.07, 6.45) is -2.45. The van der Waals surface area contributed by atoms with Gasteiger partial charge in [-0.25, -0.2) is 0 Å². The Morgan fingerprint density at radius 3 is 2.63 bits per heavy atom. The quantitative estimate of drug-likeness (QED) is 0.280. The van der Waals surface area contributed by atoms with Gasteiger partial charge in [0.15, 0.2) is 0 Å². The largest absolute Gasteiger partial charge is 0.481 e. The van der Waals surface area contributed by atoms with Crippen LogP contribution in [0.2, 0.25) is 0 Å². The van der Waals surface area contributed by atoms with E-state index in [4.69, 9.17) is 9.63 Å². The van der Waals surface area contributed by atoms with Gasteiger partial charge in [-0.05, 0) is 24.1 Å². The molecule has 0 saturated heterocycles.